The fraction of sp³-hybridized carbons (Fsp3) is 0.350. The van der Waals surface area contributed by atoms with Crippen molar-refractivity contribution < 1.29 is 9.47 Å². The van der Waals surface area contributed by atoms with Crippen LogP contribution in [0.15, 0.2) is 36.4 Å². The summed E-state index contributed by atoms with van der Waals surface area (Å²) in [7, 11) is 1.65. The van der Waals surface area contributed by atoms with Gasteiger partial charge in [0, 0.05) is 0 Å². The fourth-order valence-electron chi connectivity index (χ4n) is 2.58. The molecule has 0 spiro atoms. The molecule has 0 aliphatic heterocycles. The van der Waals surface area contributed by atoms with E-state index in [1.807, 2.05) is 38.1 Å². The first-order valence-corrected chi connectivity index (χ1v) is 8.72. The summed E-state index contributed by atoms with van der Waals surface area (Å²) in [6.07, 6.45) is 0. The second-order valence-corrected chi connectivity index (χ2v) is 6.64. The zero-order valence-electron chi connectivity index (χ0n) is 15.5. The Bertz CT molecular complexity index is 726. The number of benzene rings is 2. The summed E-state index contributed by atoms with van der Waals surface area (Å²) < 4.78 is 11.3. The number of aryl methyl sites for hydroxylation is 3. The lowest BCUT2D eigenvalue weighted by atomic mass is 10.1. The number of nitrogens with one attached hydrogen (secondary N) is 2. The highest BCUT2D eigenvalue weighted by Gasteiger charge is 2.10. The molecule has 5 heteroatoms. The third kappa shape index (κ3) is 5.36. The van der Waals surface area contributed by atoms with Gasteiger partial charge in [-0.25, -0.2) is 0 Å². The first-order valence-electron chi connectivity index (χ1n) is 8.32. The Labute approximate surface area is 155 Å². The number of rotatable bonds is 6. The maximum atomic E-state index is 5.97. The van der Waals surface area contributed by atoms with Crippen molar-refractivity contribution in [3.05, 3.63) is 53.1 Å². The quantitative estimate of drug-likeness (QED) is 0.751. The first-order chi connectivity index (χ1) is 11.9. The Kier molecular flexibility index (Phi) is 6.65. The van der Waals surface area contributed by atoms with Crippen LogP contribution in [0, 0.1) is 20.8 Å². The topological polar surface area (TPSA) is 42.5 Å². The van der Waals surface area contributed by atoms with Crippen molar-refractivity contribution >= 4 is 23.0 Å². The number of anilines is 1. The van der Waals surface area contributed by atoms with Crippen molar-refractivity contribution in [2.24, 2.45) is 0 Å². The van der Waals surface area contributed by atoms with Crippen LogP contribution >= 0.6 is 12.2 Å². The molecule has 25 heavy (non-hydrogen) atoms. The molecule has 4 nitrogen and oxygen atoms in total. The molecule has 0 radical (unpaired) electrons. The molecule has 134 valence electrons. The van der Waals surface area contributed by atoms with Gasteiger partial charge in [-0.3, -0.25) is 0 Å². The molecular formula is C20H26N2O2S. The molecule has 2 N–H and O–H groups in total. The average Bonchev–Trinajstić information content (AvgIpc) is 2.54. The molecule has 2 aromatic rings. The van der Waals surface area contributed by atoms with Gasteiger partial charge in [-0.2, -0.15) is 0 Å². The van der Waals surface area contributed by atoms with Gasteiger partial charge in [0.05, 0.1) is 18.8 Å². The number of methoxy groups -OCH3 is 1. The van der Waals surface area contributed by atoms with E-state index in [0.29, 0.717) is 11.7 Å². The Morgan fingerprint density at radius 2 is 1.80 bits per heavy atom. The van der Waals surface area contributed by atoms with Gasteiger partial charge >= 0.3 is 0 Å². The molecule has 0 amide bonds. The largest absolute Gasteiger partial charge is 0.495 e. The number of ether oxygens (including phenoxy) is 2. The molecule has 0 aliphatic rings. The molecule has 0 aliphatic carbocycles. The van der Waals surface area contributed by atoms with Crippen LogP contribution in [0.1, 0.15) is 23.6 Å². The van der Waals surface area contributed by atoms with Crippen molar-refractivity contribution in [3.63, 3.8) is 0 Å². The van der Waals surface area contributed by atoms with E-state index in [1.54, 1.807) is 7.11 Å². The van der Waals surface area contributed by atoms with Gasteiger partial charge in [0.1, 0.15) is 18.1 Å². The smallest absolute Gasteiger partial charge is 0.171 e. The van der Waals surface area contributed by atoms with Gasteiger partial charge in [-0.05, 0) is 68.7 Å². The predicted molar refractivity (Wildman–Crippen MR) is 108 cm³/mol. The van der Waals surface area contributed by atoms with Crippen LogP contribution in [0.2, 0.25) is 0 Å². The van der Waals surface area contributed by atoms with Gasteiger partial charge in [-0.1, -0.05) is 24.3 Å². The number of hydrogen-bond acceptors (Lipinski definition) is 3. The molecule has 0 saturated heterocycles. The normalized spacial score (nSPS) is 11.6. The Morgan fingerprint density at radius 1 is 1.12 bits per heavy atom. The molecule has 2 rings (SSSR count). The van der Waals surface area contributed by atoms with E-state index in [0.717, 1.165) is 33.9 Å². The number of thiocarbonyl (C=S) groups is 1. The minimum atomic E-state index is 0.0646. The highest BCUT2D eigenvalue weighted by atomic mass is 32.1. The van der Waals surface area contributed by atoms with E-state index in [2.05, 4.69) is 36.6 Å². The molecule has 1 atom stereocenters. The zero-order valence-corrected chi connectivity index (χ0v) is 16.3. The summed E-state index contributed by atoms with van der Waals surface area (Å²) >= 11 is 5.41. The minimum absolute atomic E-state index is 0.0646. The second-order valence-electron chi connectivity index (χ2n) is 6.24. The second kappa shape index (κ2) is 8.72. The summed E-state index contributed by atoms with van der Waals surface area (Å²) in [4.78, 5) is 0. The van der Waals surface area contributed by atoms with Crippen molar-refractivity contribution in [2.45, 2.75) is 33.7 Å². The summed E-state index contributed by atoms with van der Waals surface area (Å²) in [5.74, 6) is 1.70. The van der Waals surface area contributed by atoms with Gasteiger partial charge in [0.2, 0.25) is 0 Å². The molecule has 0 fully saturated rings. The summed E-state index contributed by atoms with van der Waals surface area (Å²) in [6.45, 7) is 8.70. The molecular weight excluding hydrogens is 332 g/mol. The van der Waals surface area contributed by atoms with Gasteiger partial charge in [-0.15, -0.1) is 0 Å². The summed E-state index contributed by atoms with van der Waals surface area (Å²) in [5, 5.41) is 6.99. The van der Waals surface area contributed by atoms with Gasteiger partial charge in [0.15, 0.2) is 5.11 Å². The van der Waals surface area contributed by atoms with Crippen LogP contribution in [0.4, 0.5) is 5.69 Å². The average molecular weight is 359 g/mol. The lowest BCUT2D eigenvalue weighted by Gasteiger charge is -2.20. The zero-order chi connectivity index (χ0) is 18.4. The highest BCUT2D eigenvalue weighted by molar-refractivity contribution is 7.80. The monoisotopic (exact) mass is 358 g/mol. The van der Waals surface area contributed by atoms with E-state index in [9.17, 15) is 0 Å². The van der Waals surface area contributed by atoms with E-state index < -0.39 is 0 Å². The minimum Gasteiger partial charge on any atom is -0.495 e. The maximum Gasteiger partial charge on any atom is 0.171 e. The van der Waals surface area contributed by atoms with Gasteiger partial charge < -0.3 is 20.1 Å². The number of hydrogen-bond donors (Lipinski definition) is 2. The number of para-hydroxylation sites is 1. The van der Waals surface area contributed by atoms with Gasteiger partial charge in [0.25, 0.3) is 0 Å². The maximum absolute atomic E-state index is 5.97. The SMILES string of the molecule is COc1ccc(C)cc1NC(=S)NC(C)COc1c(C)cccc1C. The van der Waals surface area contributed by atoms with E-state index in [-0.39, 0.29) is 6.04 Å². The molecule has 0 saturated carbocycles. The summed E-state index contributed by atoms with van der Waals surface area (Å²) in [5.41, 5.74) is 4.26. The lowest BCUT2D eigenvalue weighted by Crippen LogP contribution is -2.39. The van der Waals surface area contributed by atoms with Crippen molar-refractivity contribution in [2.75, 3.05) is 19.0 Å². The Hall–Kier alpha value is -2.27. The molecule has 0 aromatic heterocycles. The fourth-order valence-corrected chi connectivity index (χ4v) is 2.89. The van der Waals surface area contributed by atoms with Crippen molar-refractivity contribution in [3.8, 4) is 11.5 Å². The predicted octanol–water partition coefficient (Wildman–Crippen LogP) is 4.37. The Balaban J connectivity index is 1.91. The highest BCUT2D eigenvalue weighted by Crippen LogP contribution is 2.25. The van der Waals surface area contributed by atoms with Crippen LogP contribution in [0.5, 0.6) is 11.5 Å². The summed E-state index contributed by atoms with van der Waals surface area (Å²) in [6, 6.07) is 12.1. The van der Waals surface area contributed by atoms with Crippen LogP contribution in [-0.4, -0.2) is 24.9 Å². The molecule has 1 unspecified atom stereocenters. The van der Waals surface area contributed by atoms with E-state index in [1.165, 1.54) is 0 Å². The van der Waals surface area contributed by atoms with E-state index >= 15 is 0 Å². The standard InChI is InChI=1S/C20H26N2O2S/c1-13-9-10-18(23-5)17(11-13)22-20(25)21-16(4)12-24-19-14(2)7-6-8-15(19)3/h6-11,16H,12H2,1-5H3,(H2,21,22,25). The first kappa shape index (κ1) is 19.1. The van der Waals surface area contributed by atoms with Crippen LogP contribution in [0.3, 0.4) is 0 Å². The Morgan fingerprint density at radius 3 is 2.44 bits per heavy atom. The van der Waals surface area contributed by atoms with Crippen molar-refractivity contribution in [1.29, 1.82) is 0 Å². The van der Waals surface area contributed by atoms with Crippen LogP contribution in [-0.2, 0) is 0 Å². The molecule has 2 aromatic carbocycles. The van der Waals surface area contributed by atoms with Crippen LogP contribution in [0.25, 0.3) is 0 Å². The molecule has 0 bridgehead atoms. The third-order valence-corrected chi connectivity index (χ3v) is 4.09. The van der Waals surface area contributed by atoms with E-state index in [4.69, 9.17) is 21.7 Å². The third-order valence-electron chi connectivity index (χ3n) is 3.87. The van der Waals surface area contributed by atoms with Crippen LogP contribution < -0.4 is 20.1 Å². The lowest BCUT2D eigenvalue weighted by molar-refractivity contribution is 0.283. The molecule has 0 heterocycles. The van der Waals surface area contributed by atoms with Crippen molar-refractivity contribution in [1.82, 2.24) is 5.32 Å².